The standard InChI is InChI=1S/C13H24N4S/c1-15-6-4-14-13(15)3-5-16-7-9-17(10-8-16)11-12-18-2/h4,6H,3,5,7-12H2,1-2H3. The Kier molecular flexibility index (Phi) is 5.53. The van der Waals surface area contributed by atoms with Gasteiger partial charge in [0, 0.05) is 70.9 Å². The third-order valence-corrected chi connectivity index (χ3v) is 4.24. The fraction of sp³-hybridized carbons (Fsp3) is 0.769. The van der Waals surface area contributed by atoms with Crippen LogP contribution in [-0.2, 0) is 13.5 Å². The molecule has 0 saturated carbocycles. The summed E-state index contributed by atoms with van der Waals surface area (Å²) in [7, 11) is 2.07. The van der Waals surface area contributed by atoms with Crippen LogP contribution in [0.3, 0.4) is 0 Å². The van der Waals surface area contributed by atoms with Crippen LogP contribution in [0.1, 0.15) is 5.82 Å². The fourth-order valence-electron chi connectivity index (χ4n) is 2.35. The Hall–Kier alpha value is -0.520. The normalized spacial score (nSPS) is 18.3. The van der Waals surface area contributed by atoms with Crippen molar-refractivity contribution in [1.82, 2.24) is 19.4 Å². The Morgan fingerprint density at radius 3 is 2.39 bits per heavy atom. The average molecular weight is 268 g/mol. The van der Waals surface area contributed by atoms with Crippen LogP contribution in [0.25, 0.3) is 0 Å². The molecule has 0 atom stereocenters. The number of hydrogen-bond donors (Lipinski definition) is 0. The number of nitrogens with zero attached hydrogens (tertiary/aromatic N) is 4. The number of piperazine rings is 1. The van der Waals surface area contributed by atoms with E-state index in [1.807, 2.05) is 24.2 Å². The van der Waals surface area contributed by atoms with Gasteiger partial charge in [-0.15, -0.1) is 0 Å². The van der Waals surface area contributed by atoms with Gasteiger partial charge in [0.05, 0.1) is 0 Å². The quantitative estimate of drug-likeness (QED) is 0.766. The van der Waals surface area contributed by atoms with Crippen molar-refractivity contribution in [1.29, 1.82) is 0 Å². The van der Waals surface area contributed by atoms with Crippen molar-refractivity contribution in [3.05, 3.63) is 18.2 Å². The van der Waals surface area contributed by atoms with Crippen molar-refractivity contribution >= 4 is 11.8 Å². The molecule has 5 heteroatoms. The van der Waals surface area contributed by atoms with Gasteiger partial charge in [-0.25, -0.2) is 4.98 Å². The van der Waals surface area contributed by atoms with Crippen LogP contribution < -0.4 is 0 Å². The lowest BCUT2D eigenvalue weighted by atomic mass is 10.3. The van der Waals surface area contributed by atoms with Crippen molar-refractivity contribution in [2.45, 2.75) is 6.42 Å². The van der Waals surface area contributed by atoms with Gasteiger partial charge in [0.25, 0.3) is 0 Å². The highest BCUT2D eigenvalue weighted by atomic mass is 32.2. The van der Waals surface area contributed by atoms with Crippen LogP contribution in [-0.4, -0.2) is 70.6 Å². The van der Waals surface area contributed by atoms with Gasteiger partial charge < -0.3 is 9.47 Å². The van der Waals surface area contributed by atoms with Gasteiger partial charge in [-0.1, -0.05) is 0 Å². The predicted molar refractivity (Wildman–Crippen MR) is 78.2 cm³/mol. The summed E-state index contributed by atoms with van der Waals surface area (Å²) in [5, 5.41) is 0. The molecule has 102 valence electrons. The molecule has 0 radical (unpaired) electrons. The van der Waals surface area contributed by atoms with E-state index in [1.165, 1.54) is 44.3 Å². The summed E-state index contributed by atoms with van der Waals surface area (Å²) in [4.78, 5) is 9.52. The van der Waals surface area contributed by atoms with E-state index in [2.05, 4.69) is 32.7 Å². The van der Waals surface area contributed by atoms with Crippen LogP contribution in [0.5, 0.6) is 0 Å². The Balaban J connectivity index is 1.66. The molecule has 0 N–H and O–H groups in total. The van der Waals surface area contributed by atoms with Gasteiger partial charge in [0.15, 0.2) is 0 Å². The van der Waals surface area contributed by atoms with Gasteiger partial charge in [-0.05, 0) is 6.26 Å². The molecule has 0 aromatic carbocycles. The van der Waals surface area contributed by atoms with Crippen molar-refractivity contribution in [3.63, 3.8) is 0 Å². The first-order chi connectivity index (χ1) is 8.79. The maximum absolute atomic E-state index is 4.38. The largest absolute Gasteiger partial charge is 0.338 e. The summed E-state index contributed by atoms with van der Waals surface area (Å²) in [6, 6.07) is 0. The number of rotatable bonds is 6. The smallest absolute Gasteiger partial charge is 0.109 e. The van der Waals surface area contributed by atoms with Gasteiger partial charge in [0.1, 0.15) is 5.82 Å². The number of aryl methyl sites for hydroxylation is 1. The number of hydrogen-bond acceptors (Lipinski definition) is 4. The molecule has 2 rings (SSSR count). The number of thioether (sulfide) groups is 1. The minimum atomic E-state index is 1.06. The molecular formula is C13H24N4S. The predicted octanol–water partition coefficient (Wildman–Crippen LogP) is 0.943. The summed E-state index contributed by atoms with van der Waals surface area (Å²) in [6.45, 7) is 7.25. The molecule has 0 spiro atoms. The van der Waals surface area contributed by atoms with Crippen molar-refractivity contribution in [2.75, 3.05) is 51.3 Å². The van der Waals surface area contributed by atoms with E-state index in [1.54, 1.807) is 0 Å². The topological polar surface area (TPSA) is 24.3 Å². The molecule has 0 unspecified atom stereocenters. The minimum absolute atomic E-state index is 1.06. The zero-order chi connectivity index (χ0) is 12.8. The lowest BCUT2D eigenvalue weighted by Crippen LogP contribution is -2.47. The van der Waals surface area contributed by atoms with E-state index in [0.717, 1.165) is 13.0 Å². The molecule has 2 heterocycles. The molecule has 0 bridgehead atoms. The van der Waals surface area contributed by atoms with Gasteiger partial charge >= 0.3 is 0 Å². The van der Waals surface area contributed by atoms with Crippen LogP contribution in [0, 0.1) is 0 Å². The first kappa shape index (κ1) is 13.9. The van der Waals surface area contributed by atoms with Crippen LogP contribution in [0.4, 0.5) is 0 Å². The van der Waals surface area contributed by atoms with Gasteiger partial charge in [-0.3, -0.25) is 4.90 Å². The van der Waals surface area contributed by atoms with Gasteiger partial charge in [-0.2, -0.15) is 11.8 Å². The minimum Gasteiger partial charge on any atom is -0.338 e. The number of imidazole rings is 1. The molecule has 18 heavy (non-hydrogen) atoms. The summed E-state index contributed by atoms with van der Waals surface area (Å²) >= 11 is 1.94. The maximum Gasteiger partial charge on any atom is 0.109 e. The Morgan fingerprint density at radius 2 is 1.83 bits per heavy atom. The third-order valence-electron chi connectivity index (χ3n) is 3.65. The van der Waals surface area contributed by atoms with Crippen molar-refractivity contribution < 1.29 is 0 Å². The zero-order valence-corrected chi connectivity index (χ0v) is 12.3. The summed E-state index contributed by atoms with van der Waals surface area (Å²) in [6.07, 6.45) is 7.16. The van der Waals surface area contributed by atoms with E-state index in [4.69, 9.17) is 0 Å². The fourth-order valence-corrected chi connectivity index (χ4v) is 2.79. The molecule has 1 fully saturated rings. The zero-order valence-electron chi connectivity index (χ0n) is 11.5. The van der Waals surface area contributed by atoms with Crippen molar-refractivity contribution in [2.24, 2.45) is 7.05 Å². The highest BCUT2D eigenvalue weighted by Crippen LogP contribution is 2.05. The molecule has 1 aliphatic rings. The van der Waals surface area contributed by atoms with Crippen LogP contribution in [0.15, 0.2) is 12.4 Å². The second-order valence-corrected chi connectivity index (χ2v) is 5.87. The van der Waals surface area contributed by atoms with Crippen molar-refractivity contribution in [3.8, 4) is 0 Å². The second-order valence-electron chi connectivity index (χ2n) is 4.88. The van der Waals surface area contributed by atoms with E-state index in [0.29, 0.717) is 0 Å². The maximum atomic E-state index is 4.38. The molecule has 4 nitrogen and oxygen atoms in total. The highest BCUT2D eigenvalue weighted by molar-refractivity contribution is 7.98. The Labute approximate surface area is 114 Å². The molecule has 0 amide bonds. The van der Waals surface area contributed by atoms with Crippen LogP contribution in [0.2, 0.25) is 0 Å². The first-order valence-corrected chi connectivity index (χ1v) is 8.09. The Morgan fingerprint density at radius 1 is 1.17 bits per heavy atom. The number of aromatic nitrogens is 2. The SMILES string of the molecule is CSCCN1CCN(CCc2nccn2C)CC1. The van der Waals surface area contributed by atoms with Gasteiger partial charge in [0.2, 0.25) is 0 Å². The Bertz CT molecular complexity index is 345. The monoisotopic (exact) mass is 268 g/mol. The molecule has 1 saturated heterocycles. The molecule has 0 aliphatic carbocycles. The molecule has 1 aromatic heterocycles. The average Bonchev–Trinajstić information content (AvgIpc) is 2.81. The highest BCUT2D eigenvalue weighted by Gasteiger charge is 2.16. The first-order valence-electron chi connectivity index (χ1n) is 6.69. The summed E-state index contributed by atoms with van der Waals surface area (Å²) < 4.78 is 2.12. The van der Waals surface area contributed by atoms with E-state index in [-0.39, 0.29) is 0 Å². The van der Waals surface area contributed by atoms with Crippen LogP contribution >= 0.6 is 11.8 Å². The lowest BCUT2D eigenvalue weighted by molar-refractivity contribution is 0.139. The molecule has 1 aromatic rings. The summed E-state index contributed by atoms with van der Waals surface area (Å²) in [5.41, 5.74) is 0. The molecule has 1 aliphatic heterocycles. The lowest BCUT2D eigenvalue weighted by Gasteiger charge is -2.34. The second kappa shape index (κ2) is 7.16. The van der Waals surface area contributed by atoms with E-state index < -0.39 is 0 Å². The summed E-state index contributed by atoms with van der Waals surface area (Å²) in [5.74, 6) is 2.45. The van der Waals surface area contributed by atoms with E-state index in [9.17, 15) is 0 Å². The van der Waals surface area contributed by atoms with E-state index >= 15 is 0 Å². The third kappa shape index (κ3) is 4.00. The molecular weight excluding hydrogens is 244 g/mol.